The number of nitrogens with one attached hydrogen (secondary N) is 1. The zero-order valence-corrected chi connectivity index (χ0v) is 12.5. The third-order valence-electron chi connectivity index (χ3n) is 3.13. The van der Waals surface area contributed by atoms with Crippen LogP contribution in [0.3, 0.4) is 0 Å². The summed E-state index contributed by atoms with van der Waals surface area (Å²) in [6, 6.07) is 8.03. The molecule has 0 bridgehead atoms. The van der Waals surface area contributed by atoms with E-state index in [-0.39, 0.29) is 17.4 Å². The van der Waals surface area contributed by atoms with Crippen LogP contribution in [0.2, 0.25) is 0 Å². The number of hydrogen-bond acceptors (Lipinski definition) is 2. The second kappa shape index (κ2) is 6.71. The molecule has 0 saturated carbocycles. The summed E-state index contributed by atoms with van der Waals surface area (Å²) < 4.78 is 0. The minimum atomic E-state index is -0.00914. The van der Waals surface area contributed by atoms with Crippen LogP contribution in [0.15, 0.2) is 24.3 Å². The molecule has 0 aliphatic heterocycles. The van der Waals surface area contributed by atoms with Crippen molar-refractivity contribution in [3.05, 3.63) is 35.4 Å². The number of carbonyl (C=O) groups is 1. The molecule has 0 aromatic heterocycles. The molecular formula is C16H26N2O. The first-order valence-electron chi connectivity index (χ1n) is 6.95. The summed E-state index contributed by atoms with van der Waals surface area (Å²) in [5.41, 5.74) is 7.74. The molecule has 0 spiro atoms. The van der Waals surface area contributed by atoms with E-state index in [4.69, 9.17) is 5.73 Å². The molecule has 1 aromatic carbocycles. The minimum Gasteiger partial charge on any atom is -0.352 e. The normalized spacial score (nSPS) is 13.1. The Morgan fingerprint density at radius 1 is 1.26 bits per heavy atom. The molecule has 0 aliphatic carbocycles. The molecule has 3 heteroatoms. The quantitative estimate of drug-likeness (QED) is 0.802. The minimum absolute atomic E-state index is 0.00914. The molecule has 106 valence electrons. The monoisotopic (exact) mass is 262 g/mol. The summed E-state index contributed by atoms with van der Waals surface area (Å²) >= 11 is 0. The first-order chi connectivity index (χ1) is 8.80. The van der Waals surface area contributed by atoms with E-state index in [9.17, 15) is 4.79 Å². The Hall–Kier alpha value is -1.35. The lowest BCUT2D eigenvalue weighted by Gasteiger charge is -2.19. The summed E-state index contributed by atoms with van der Waals surface area (Å²) in [5, 5.41) is 2.92. The maximum Gasteiger partial charge on any atom is 0.251 e. The number of carbonyl (C=O) groups excluding carboxylic acids is 1. The Bertz CT molecular complexity index is 402. The van der Waals surface area contributed by atoms with Crippen LogP contribution in [0.4, 0.5) is 0 Å². The zero-order chi connectivity index (χ0) is 14.5. The lowest BCUT2D eigenvalue weighted by Crippen LogP contribution is -2.26. The molecule has 1 unspecified atom stereocenters. The van der Waals surface area contributed by atoms with Gasteiger partial charge in [-0.3, -0.25) is 4.79 Å². The molecule has 3 N–H and O–H groups in total. The van der Waals surface area contributed by atoms with Crippen LogP contribution in [0.5, 0.6) is 0 Å². The van der Waals surface area contributed by atoms with E-state index in [1.165, 1.54) is 5.56 Å². The van der Waals surface area contributed by atoms with Gasteiger partial charge in [-0.1, -0.05) is 32.9 Å². The van der Waals surface area contributed by atoms with Crippen molar-refractivity contribution in [1.82, 2.24) is 5.32 Å². The molecule has 1 atom stereocenters. The number of benzene rings is 1. The highest BCUT2D eigenvalue weighted by atomic mass is 16.1. The van der Waals surface area contributed by atoms with E-state index >= 15 is 0 Å². The van der Waals surface area contributed by atoms with E-state index in [0.717, 1.165) is 12.8 Å². The van der Waals surface area contributed by atoms with E-state index in [0.29, 0.717) is 12.1 Å². The van der Waals surface area contributed by atoms with Gasteiger partial charge in [-0.25, -0.2) is 0 Å². The topological polar surface area (TPSA) is 55.1 Å². The zero-order valence-electron chi connectivity index (χ0n) is 12.5. The summed E-state index contributed by atoms with van der Waals surface area (Å²) in [6.45, 7) is 9.15. The van der Waals surface area contributed by atoms with Crippen LogP contribution in [0.25, 0.3) is 0 Å². The van der Waals surface area contributed by atoms with Gasteiger partial charge >= 0.3 is 0 Å². The lowest BCUT2D eigenvalue weighted by atomic mass is 9.87. The van der Waals surface area contributed by atoms with E-state index in [2.05, 4.69) is 26.1 Å². The van der Waals surface area contributed by atoms with Crippen LogP contribution in [0.1, 0.15) is 56.5 Å². The Labute approximate surface area is 116 Å². The standard InChI is InChI=1S/C16H26N2O/c1-12(17)6-5-11-18-15(19)13-7-9-14(10-8-13)16(2,3)4/h7-10,12H,5-6,11,17H2,1-4H3,(H,18,19). The van der Waals surface area contributed by atoms with E-state index < -0.39 is 0 Å². The molecule has 1 rings (SSSR count). The first kappa shape index (κ1) is 15.7. The average Bonchev–Trinajstić information content (AvgIpc) is 2.33. The lowest BCUT2D eigenvalue weighted by molar-refractivity contribution is 0.0952. The third-order valence-corrected chi connectivity index (χ3v) is 3.13. The molecular weight excluding hydrogens is 236 g/mol. The molecule has 3 nitrogen and oxygen atoms in total. The molecule has 0 heterocycles. The van der Waals surface area contributed by atoms with Crippen molar-refractivity contribution in [3.63, 3.8) is 0 Å². The maximum absolute atomic E-state index is 11.9. The Kier molecular flexibility index (Phi) is 5.55. The summed E-state index contributed by atoms with van der Waals surface area (Å²) in [4.78, 5) is 11.9. The maximum atomic E-state index is 11.9. The second-order valence-electron chi connectivity index (χ2n) is 6.20. The average molecular weight is 262 g/mol. The largest absolute Gasteiger partial charge is 0.352 e. The Morgan fingerprint density at radius 2 is 1.84 bits per heavy atom. The molecule has 1 aromatic rings. The first-order valence-corrected chi connectivity index (χ1v) is 6.95. The predicted molar refractivity (Wildman–Crippen MR) is 80.4 cm³/mol. The van der Waals surface area contributed by atoms with Crippen LogP contribution >= 0.6 is 0 Å². The van der Waals surface area contributed by atoms with Gasteiger partial charge in [0.05, 0.1) is 0 Å². The van der Waals surface area contributed by atoms with Gasteiger partial charge in [0.1, 0.15) is 0 Å². The van der Waals surface area contributed by atoms with Gasteiger partial charge < -0.3 is 11.1 Å². The van der Waals surface area contributed by atoms with Crippen molar-refractivity contribution in [1.29, 1.82) is 0 Å². The van der Waals surface area contributed by atoms with Crippen LogP contribution < -0.4 is 11.1 Å². The van der Waals surface area contributed by atoms with Crippen molar-refractivity contribution in [2.75, 3.05) is 6.54 Å². The third kappa shape index (κ3) is 5.43. The number of nitrogens with two attached hydrogens (primary N) is 1. The van der Waals surface area contributed by atoms with Crippen molar-refractivity contribution >= 4 is 5.91 Å². The predicted octanol–water partition coefficient (Wildman–Crippen LogP) is 2.84. The fourth-order valence-electron chi connectivity index (χ4n) is 1.85. The summed E-state index contributed by atoms with van der Waals surface area (Å²) in [7, 11) is 0. The number of amides is 1. The van der Waals surface area contributed by atoms with Crippen LogP contribution in [0, 0.1) is 0 Å². The number of rotatable bonds is 5. The molecule has 0 saturated heterocycles. The highest BCUT2D eigenvalue weighted by molar-refractivity contribution is 5.94. The highest BCUT2D eigenvalue weighted by Crippen LogP contribution is 2.22. The van der Waals surface area contributed by atoms with Crippen molar-refractivity contribution in [2.24, 2.45) is 5.73 Å². The summed E-state index contributed by atoms with van der Waals surface area (Å²) in [5.74, 6) is -0.00914. The van der Waals surface area contributed by atoms with Gasteiger partial charge in [-0.2, -0.15) is 0 Å². The van der Waals surface area contributed by atoms with Crippen molar-refractivity contribution in [3.8, 4) is 0 Å². The smallest absolute Gasteiger partial charge is 0.251 e. The second-order valence-corrected chi connectivity index (χ2v) is 6.20. The Morgan fingerprint density at radius 3 is 2.32 bits per heavy atom. The highest BCUT2D eigenvalue weighted by Gasteiger charge is 2.14. The van der Waals surface area contributed by atoms with Gasteiger partial charge in [0, 0.05) is 18.2 Å². The van der Waals surface area contributed by atoms with Crippen molar-refractivity contribution in [2.45, 2.75) is 52.0 Å². The van der Waals surface area contributed by atoms with Gasteiger partial charge in [0.15, 0.2) is 0 Å². The molecule has 0 aliphatic rings. The van der Waals surface area contributed by atoms with Gasteiger partial charge in [0.25, 0.3) is 5.91 Å². The van der Waals surface area contributed by atoms with E-state index in [1.807, 2.05) is 31.2 Å². The Balaban J connectivity index is 2.49. The van der Waals surface area contributed by atoms with Crippen LogP contribution in [-0.4, -0.2) is 18.5 Å². The van der Waals surface area contributed by atoms with Gasteiger partial charge in [-0.05, 0) is 42.9 Å². The van der Waals surface area contributed by atoms with Crippen LogP contribution in [-0.2, 0) is 5.41 Å². The van der Waals surface area contributed by atoms with E-state index in [1.54, 1.807) is 0 Å². The molecule has 0 radical (unpaired) electrons. The van der Waals surface area contributed by atoms with Gasteiger partial charge in [0.2, 0.25) is 0 Å². The van der Waals surface area contributed by atoms with Gasteiger partial charge in [-0.15, -0.1) is 0 Å². The molecule has 0 fully saturated rings. The SMILES string of the molecule is CC(N)CCCNC(=O)c1ccc(C(C)(C)C)cc1. The summed E-state index contributed by atoms with van der Waals surface area (Å²) in [6.07, 6.45) is 1.85. The number of hydrogen-bond donors (Lipinski definition) is 2. The fraction of sp³-hybridized carbons (Fsp3) is 0.562. The molecule has 19 heavy (non-hydrogen) atoms. The van der Waals surface area contributed by atoms with Crippen molar-refractivity contribution < 1.29 is 4.79 Å². The fourth-order valence-corrected chi connectivity index (χ4v) is 1.85. The molecule has 1 amide bonds.